The van der Waals surface area contributed by atoms with Gasteiger partial charge < -0.3 is 15.4 Å². The van der Waals surface area contributed by atoms with Crippen molar-refractivity contribution in [2.45, 2.75) is 76.8 Å². The third-order valence-electron chi connectivity index (χ3n) is 8.77. The lowest BCUT2D eigenvalue weighted by atomic mass is 9.75. The van der Waals surface area contributed by atoms with Gasteiger partial charge >= 0.3 is 12.3 Å². The zero-order valence-corrected chi connectivity index (χ0v) is 28.6. The van der Waals surface area contributed by atoms with E-state index < -0.39 is 41.7 Å². The topological polar surface area (TPSA) is 154 Å². The van der Waals surface area contributed by atoms with Crippen LogP contribution in [0.25, 0.3) is 22.5 Å². The summed E-state index contributed by atoms with van der Waals surface area (Å²) in [6.45, 7) is 6.36. The Morgan fingerprint density at radius 2 is 1.86 bits per heavy atom. The number of guanidine groups is 1. The summed E-state index contributed by atoms with van der Waals surface area (Å²) in [6, 6.07) is 11.0. The summed E-state index contributed by atoms with van der Waals surface area (Å²) in [6.07, 6.45) is 0.879. The Morgan fingerprint density at radius 1 is 1.14 bits per heavy atom. The zero-order chi connectivity index (χ0) is 36.1. The number of rotatable bonds is 10. The first-order chi connectivity index (χ1) is 23.5. The second kappa shape index (κ2) is 12.8. The van der Waals surface area contributed by atoms with Crippen molar-refractivity contribution in [3.8, 4) is 22.5 Å². The van der Waals surface area contributed by atoms with Crippen molar-refractivity contribution < 1.29 is 27.5 Å². The molecule has 1 aliphatic heterocycles. The predicted molar refractivity (Wildman–Crippen MR) is 179 cm³/mol. The fourth-order valence-electron chi connectivity index (χ4n) is 6.20. The molecule has 16 heteroatoms. The summed E-state index contributed by atoms with van der Waals surface area (Å²) in [4.78, 5) is 33.2. The highest BCUT2D eigenvalue weighted by Crippen LogP contribution is 2.43. The number of hydrogen-bond donors (Lipinski definition) is 4. The molecule has 6 rings (SSSR count). The normalized spacial score (nSPS) is 19.3. The van der Waals surface area contributed by atoms with Crippen molar-refractivity contribution in [1.29, 1.82) is 5.41 Å². The minimum atomic E-state index is -4.41. The molecular formula is C34H37ClF3N9O3. The fourth-order valence-corrected chi connectivity index (χ4v) is 6.41. The number of ether oxygens (including phenoxy) is 1. The van der Waals surface area contributed by atoms with Gasteiger partial charge in [-0.25, -0.2) is 9.78 Å². The fraction of sp³-hybridized carbons (Fsp3) is 0.412. The molecule has 1 saturated heterocycles. The van der Waals surface area contributed by atoms with Crippen molar-refractivity contribution in [3.63, 3.8) is 0 Å². The minimum Gasteiger partial charge on any atom is -0.447 e. The molecule has 12 nitrogen and oxygen atoms in total. The standard InChI is InChI=1S/C34H37ClF3N9O3/c1-31(2,3)17-33(23-8-5-20(6-9-23)22-14-42-46(15-22)18-34(36,37)38)28(48)47(29(39)43-33)26(16-50-30(49)44-32(4)11-12-32)21-7-10-25(35)24(13-21)27-40-19-41-45-27/h5-10,13-15,19,26H,11-12,16-18H2,1-4H3,(H2,39,43)(H,44,49)(H,40,41,45)/t26?,33-/m1/s1. The summed E-state index contributed by atoms with van der Waals surface area (Å²) in [5.74, 6) is -0.249. The summed E-state index contributed by atoms with van der Waals surface area (Å²) >= 11 is 6.53. The largest absolute Gasteiger partial charge is 0.447 e. The SMILES string of the molecule is CC(C)(C)C[C@]1(c2ccc(-c3cnn(CC(F)(F)F)c3)cc2)NC(=N)N(C(COC(=O)NC2(C)CC2)c2ccc(Cl)c(-c3ncn[nH]3)c2)C1=O. The van der Waals surface area contributed by atoms with Gasteiger partial charge in [0.05, 0.1) is 17.3 Å². The Balaban J connectivity index is 1.36. The van der Waals surface area contributed by atoms with Crippen molar-refractivity contribution in [2.75, 3.05) is 6.61 Å². The highest BCUT2D eigenvalue weighted by atomic mass is 35.5. The molecule has 1 saturated carbocycles. The first-order valence-electron chi connectivity index (χ1n) is 16.0. The highest BCUT2D eigenvalue weighted by molar-refractivity contribution is 6.33. The monoisotopic (exact) mass is 711 g/mol. The van der Waals surface area contributed by atoms with Gasteiger partial charge in [0.15, 0.2) is 11.8 Å². The van der Waals surface area contributed by atoms with Crippen LogP contribution in [-0.4, -0.2) is 66.1 Å². The lowest BCUT2D eigenvalue weighted by Crippen LogP contribution is -2.47. The van der Waals surface area contributed by atoms with E-state index in [1.54, 1.807) is 42.5 Å². The van der Waals surface area contributed by atoms with E-state index in [0.717, 1.165) is 17.5 Å². The van der Waals surface area contributed by atoms with Gasteiger partial charge in [-0.1, -0.05) is 62.7 Å². The van der Waals surface area contributed by atoms with E-state index in [-0.39, 0.29) is 24.5 Å². The van der Waals surface area contributed by atoms with E-state index in [2.05, 4.69) is 30.9 Å². The summed E-state index contributed by atoms with van der Waals surface area (Å²) in [5.41, 5.74) is 0.507. The number of H-pyrrole nitrogens is 1. The number of nitrogens with one attached hydrogen (secondary N) is 4. The van der Waals surface area contributed by atoms with Gasteiger partial charge in [-0.05, 0) is 60.4 Å². The lowest BCUT2D eigenvalue weighted by molar-refractivity contribution is -0.142. The maximum absolute atomic E-state index is 14.9. The molecule has 2 fully saturated rings. The van der Waals surface area contributed by atoms with Crippen LogP contribution in [0.3, 0.4) is 0 Å². The average Bonchev–Trinajstić information content (AvgIpc) is 3.37. The minimum absolute atomic E-state index is 0.198. The molecule has 2 aliphatic rings. The van der Waals surface area contributed by atoms with Crippen LogP contribution in [-0.2, 0) is 21.6 Å². The zero-order valence-electron chi connectivity index (χ0n) is 27.9. The number of aromatic nitrogens is 5. The molecular weight excluding hydrogens is 675 g/mol. The molecule has 50 heavy (non-hydrogen) atoms. The van der Waals surface area contributed by atoms with Gasteiger partial charge in [-0.2, -0.15) is 23.4 Å². The van der Waals surface area contributed by atoms with E-state index in [1.807, 2.05) is 27.7 Å². The molecule has 4 N–H and O–H groups in total. The number of alkyl carbamates (subject to hydrolysis) is 1. The van der Waals surface area contributed by atoms with Gasteiger partial charge in [0, 0.05) is 22.9 Å². The number of hydrogen-bond acceptors (Lipinski definition) is 7. The van der Waals surface area contributed by atoms with Crippen LogP contribution < -0.4 is 10.6 Å². The number of carbonyl (C=O) groups excluding carboxylic acids is 2. The Kier molecular flexibility index (Phi) is 8.91. The second-order valence-corrected chi connectivity index (χ2v) is 14.7. The molecule has 2 atom stereocenters. The molecule has 0 bridgehead atoms. The van der Waals surface area contributed by atoms with Crippen LogP contribution in [0.5, 0.6) is 0 Å². The molecule has 0 radical (unpaired) electrons. The second-order valence-electron chi connectivity index (χ2n) is 14.3. The molecule has 2 amide bonds. The maximum atomic E-state index is 14.9. The van der Waals surface area contributed by atoms with Gasteiger partial charge in [0.1, 0.15) is 25.0 Å². The van der Waals surface area contributed by atoms with E-state index >= 15 is 0 Å². The highest BCUT2D eigenvalue weighted by Gasteiger charge is 2.54. The van der Waals surface area contributed by atoms with Crippen molar-refractivity contribution in [1.82, 2.24) is 40.5 Å². The van der Waals surface area contributed by atoms with Crippen LogP contribution in [0.15, 0.2) is 61.2 Å². The van der Waals surface area contributed by atoms with Gasteiger partial charge in [-0.15, -0.1) is 0 Å². The molecule has 2 aromatic carbocycles. The average molecular weight is 712 g/mol. The van der Waals surface area contributed by atoms with Crippen molar-refractivity contribution in [2.24, 2.45) is 5.41 Å². The summed E-state index contributed by atoms with van der Waals surface area (Å²) in [5, 5.41) is 26.1. The Labute approximate surface area is 291 Å². The first kappa shape index (κ1) is 34.9. The third kappa shape index (κ3) is 7.47. The molecule has 2 aromatic heterocycles. The number of alkyl halides is 3. The molecule has 1 unspecified atom stereocenters. The first-order valence-corrected chi connectivity index (χ1v) is 16.3. The lowest BCUT2D eigenvalue weighted by Gasteiger charge is -2.35. The van der Waals surface area contributed by atoms with E-state index in [4.69, 9.17) is 21.7 Å². The van der Waals surface area contributed by atoms with E-state index in [1.165, 1.54) is 23.6 Å². The number of halogens is 4. The Bertz CT molecular complexity index is 1900. The molecule has 0 spiro atoms. The van der Waals surface area contributed by atoms with Crippen LogP contribution in [0.4, 0.5) is 18.0 Å². The Morgan fingerprint density at radius 3 is 2.48 bits per heavy atom. The Hall–Kier alpha value is -4.92. The summed E-state index contributed by atoms with van der Waals surface area (Å²) < 4.78 is 45.3. The molecule has 264 valence electrons. The number of amides is 2. The van der Waals surface area contributed by atoms with Gasteiger partial charge in [0.25, 0.3) is 5.91 Å². The van der Waals surface area contributed by atoms with Crippen molar-refractivity contribution in [3.05, 3.63) is 77.3 Å². The number of benzene rings is 2. The number of carbonyl (C=O) groups is 2. The van der Waals surface area contributed by atoms with E-state index in [9.17, 15) is 22.8 Å². The van der Waals surface area contributed by atoms with Crippen LogP contribution in [0.1, 0.15) is 64.1 Å². The third-order valence-corrected chi connectivity index (χ3v) is 9.10. The molecule has 1 aliphatic carbocycles. The van der Waals surface area contributed by atoms with Crippen LogP contribution in [0.2, 0.25) is 5.02 Å². The smallest absolute Gasteiger partial charge is 0.408 e. The molecule has 3 heterocycles. The van der Waals surface area contributed by atoms with E-state index in [0.29, 0.717) is 38.7 Å². The van der Waals surface area contributed by atoms with Crippen LogP contribution in [0, 0.1) is 10.8 Å². The number of nitrogens with zero attached hydrogens (tertiary/aromatic N) is 5. The van der Waals surface area contributed by atoms with Crippen LogP contribution >= 0.6 is 11.6 Å². The van der Waals surface area contributed by atoms with Gasteiger partial charge in [0.2, 0.25) is 0 Å². The van der Waals surface area contributed by atoms with Crippen molar-refractivity contribution >= 4 is 29.6 Å². The summed E-state index contributed by atoms with van der Waals surface area (Å²) in [7, 11) is 0. The predicted octanol–water partition coefficient (Wildman–Crippen LogP) is 6.57. The maximum Gasteiger partial charge on any atom is 0.408 e. The molecule has 4 aromatic rings. The van der Waals surface area contributed by atoms with Gasteiger partial charge in [-0.3, -0.25) is 24.9 Å². The number of aromatic amines is 1. The quantitative estimate of drug-likeness (QED) is 0.145.